The van der Waals surface area contributed by atoms with E-state index in [1.165, 1.54) is 0 Å². The lowest BCUT2D eigenvalue weighted by Crippen LogP contribution is -2.09. The van der Waals surface area contributed by atoms with Crippen molar-refractivity contribution < 1.29 is 0 Å². The lowest BCUT2D eigenvalue weighted by molar-refractivity contribution is 1.09. The summed E-state index contributed by atoms with van der Waals surface area (Å²) in [6.07, 6.45) is 1.88. The monoisotopic (exact) mass is 341 g/mol. The Labute approximate surface area is 155 Å². The molecule has 1 N–H and O–H groups in total. The number of para-hydroxylation sites is 2. The maximum atomic E-state index is 4.71. The third-order valence-electron chi connectivity index (χ3n) is 3.83. The molecule has 0 saturated heterocycles. The summed E-state index contributed by atoms with van der Waals surface area (Å²) in [5.74, 6) is 0. The van der Waals surface area contributed by atoms with Crippen molar-refractivity contribution in [2.24, 2.45) is 5.10 Å². The third kappa shape index (κ3) is 4.84. The zero-order valence-corrected chi connectivity index (χ0v) is 15.0. The van der Waals surface area contributed by atoms with Crippen LogP contribution in [0.4, 0.5) is 17.1 Å². The van der Waals surface area contributed by atoms with E-state index in [9.17, 15) is 0 Å². The van der Waals surface area contributed by atoms with E-state index in [1.54, 1.807) is 0 Å². The summed E-state index contributed by atoms with van der Waals surface area (Å²) in [6, 6.07) is 28.5. The van der Waals surface area contributed by atoms with Gasteiger partial charge in [-0.05, 0) is 48.9 Å². The smallest absolute Gasteiger partial charge is 0.0652 e. The van der Waals surface area contributed by atoms with Gasteiger partial charge in [0.1, 0.15) is 0 Å². The van der Waals surface area contributed by atoms with Gasteiger partial charge in [0.25, 0.3) is 0 Å². The molecule has 0 spiro atoms. The van der Waals surface area contributed by atoms with Crippen molar-refractivity contribution in [3.63, 3.8) is 0 Å². The predicted molar refractivity (Wildman–Crippen MR) is 112 cm³/mol. The standard InChI is InChI=1S/C23H23N3/c1-19(2)17-24-21-15-13-20(14-16-21)18-25-26(22-9-5-3-6-10-22)23-11-7-4-8-12-23/h3-16,18,24H,1,17H2,2H3. The van der Waals surface area contributed by atoms with E-state index in [2.05, 4.69) is 60.4 Å². The van der Waals surface area contributed by atoms with Crippen molar-refractivity contribution in [1.82, 2.24) is 0 Å². The first-order valence-electron chi connectivity index (χ1n) is 8.65. The molecule has 0 saturated carbocycles. The normalized spacial score (nSPS) is 10.7. The van der Waals surface area contributed by atoms with Crippen LogP contribution in [-0.4, -0.2) is 12.8 Å². The van der Waals surface area contributed by atoms with Crippen molar-refractivity contribution in [2.75, 3.05) is 16.9 Å². The molecule has 0 fully saturated rings. The number of hydrazone groups is 1. The molecule has 3 aromatic carbocycles. The van der Waals surface area contributed by atoms with Gasteiger partial charge in [-0.2, -0.15) is 5.10 Å². The Kier molecular flexibility index (Phi) is 5.84. The topological polar surface area (TPSA) is 27.6 Å². The van der Waals surface area contributed by atoms with Crippen LogP contribution in [0.1, 0.15) is 12.5 Å². The van der Waals surface area contributed by atoms with Gasteiger partial charge in [-0.25, -0.2) is 5.01 Å². The minimum atomic E-state index is 0.781. The zero-order chi connectivity index (χ0) is 18.2. The minimum Gasteiger partial charge on any atom is -0.381 e. The summed E-state index contributed by atoms with van der Waals surface area (Å²) < 4.78 is 0. The highest BCUT2D eigenvalue weighted by atomic mass is 15.5. The van der Waals surface area contributed by atoms with Crippen molar-refractivity contribution >= 4 is 23.3 Å². The summed E-state index contributed by atoms with van der Waals surface area (Å²) in [7, 11) is 0. The molecule has 0 radical (unpaired) electrons. The highest BCUT2D eigenvalue weighted by Gasteiger charge is 2.06. The molecule has 0 atom stereocenters. The highest BCUT2D eigenvalue weighted by Crippen LogP contribution is 2.25. The van der Waals surface area contributed by atoms with Gasteiger partial charge in [-0.1, -0.05) is 60.7 Å². The van der Waals surface area contributed by atoms with Gasteiger partial charge in [0.05, 0.1) is 17.6 Å². The third-order valence-corrected chi connectivity index (χ3v) is 3.83. The van der Waals surface area contributed by atoms with Crippen LogP contribution in [-0.2, 0) is 0 Å². The average Bonchev–Trinajstić information content (AvgIpc) is 2.69. The van der Waals surface area contributed by atoms with Crippen LogP contribution in [0, 0.1) is 0 Å². The predicted octanol–water partition coefficient (Wildman–Crippen LogP) is 5.85. The molecule has 3 rings (SSSR count). The van der Waals surface area contributed by atoms with Gasteiger partial charge in [0.15, 0.2) is 0 Å². The Hall–Kier alpha value is -3.33. The maximum Gasteiger partial charge on any atom is 0.0652 e. The van der Waals surface area contributed by atoms with Crippen LogP contribution >= 0.6 is 0 Å². The molecule has 0 aliphatic carbocycles. The second-order valence-electron chi connectivity index (χ2n) is 6.16. The average molecular weight is 341 g/mol. The van der Waals surface area contributed by atoms with E-state index in [4.69, 9.17) is 5.10 Å². The molecule has 0 aromatic heterocycles. The second-order valence-corrected chi connectivity index (χ2v) is 6.16. The van der Waals surface area contributed by atoms with Gasteiger partial charge >= 0.3 is 0 Å². The molecule has 3 nitrogen and oxygen atoms in total. The fraction of sp³-hybridized carbons (Fsp3) is 0.0870. The number of benzene rings is 3. The lowest BCUT2D eigenvalue weighted by atomic mass is 10.2. The molecule has 3 aromatic rings. The Bertz CT molecular complexity index is 813. The Balaban J connectivity index is 1.79. The number of hydrogen-bond donors (Lipinski definition) is 1. The largest absolute Gasteiger partial charge is 0.381 e. The van der Waals surface area contributed by atoms with Crippen LogP contribution < -0.4 is 10.3 Å². The van der Waals surface area contributed by atoms with E-state index >= 15 is 0 Å². The van der Waals surface area contributed by atoms with Gasteiger partial charge < -0.3 is 5.32 Å². The van der Waals surface area contributed by atoms with E-state index < -0.39 is 0 Å². The first-order valence-corrected chi connectivity index (χ1v) is 8.65. The summed E-state index contributed by atoms with van der Waals surface area (Å²) in [4.78, 5) is 0. The quantitative estimate of drug-likeness (QED) is 0.332. The summed E-state index contributed by atoms with van der Waals surface area (Å²) in [5.41, 5.74) is 5.28. The second kappa shape index (κ2) is 8.67. The van der Waals surface area contributed by atoms with Crippen LogP contribution in [0.5, 0.6) is 0 Å². The summed E-state index contributed by atoms with van der Waals surface area (Å²) in [6.45, 7) is 6.70. The molecule has 130 valence electrons. The van der Waals surface area contributed by atoms with Crippen molar-refractivity contribution in [3.05, 3.63) is 103 Å². The fourth-order valence-corrected chi connectivity index (χ4v) is 2.49. The highest BCUT2D eigenvalue weighted by molar-refractivity contribution is 5.82. The maximum absolute atomic E-state index is 4.71. The molecule has 0 amide bonds. The lowest BCUT2D eigenvalue weighted by Gasteiger charge is -2.19. The first kappa shape index (κ1) is 17.5. The molecule has 3 heteroatoms. The molecule has 0 bridgehead atoms. The van der Waals surface area contributed by atoms with E-state index in [0.29, 0.717) is 0 Å². The Morgan fingerprint density at radius 1 is 0.885 bits per heavy atom. The van der Waals surface area contributed by atoms with Crippen molar-refractivity contribution in [1.29, 1.82) is 0 Å². The van der Waals surface area contributed by atoms with E-state index in [-0.39, 0.29) is 0 Å². The number of rotatable bonds is 7. The molecule has 0 unspecified atom stereocenters. The van der Waals surface area contributed by atoms with Gasteiger partial charge in [-0.3, -0.25) is 0 Å². The summed E-state index contributed by atoms with van der Waals surface area (Å²) >= 11 is 0. The van der Waals surface area contributed by atoms with Gasteiger partial charge in [-0.15, -0.1) is 0 Å². The van der Waals surface area contributed by atoms with Crippen molar-refractivity contribution in [2.45, 2.75) is 6.92 Å². The van der Waals surface area contributed by atoms with Gasteiger partial charge in [0.2, 0.25) is 0 Å². The van der Waals surface area contributed by atoms with E-state index in [0.717, 1.165) is 34.7 Å². The van der Waals surface area contributed by atoms with Crippen LogP contribution in [0.3, 0.4) is 0 Å². The molecule has 0 heterocycles. The Morgan fingerprint density at radius 3 is 1.92 bits per heavy atom. The van der Waals surface area contributed by atoms with E-state index in [1.807, 2.05) is 54.5 Å². The summed E-state index contributed by atoms with van der Waals surface area (Å²) in [5, 5.41) is 9.98. The number of nitrogens with zero attached hydrogens (tertiary/aromatic N) is 2. The number of hydrogen-bond acceptors (Lipinski definition) is 3. The number of nitrogens with one attached hydrogen (secondary N) is 1. The Morgan fingerprint density at radius 2 is 1.42 bits per heavy atom. The molecule has 0 aliphatic rings. The number of anilines is 3. The first-order chi connectivity index (χ1) is 12.7. The van der Waals surface area contributed by atoms with Gasteiger partial charge in [0, 0.05) is 12.2 Å². The minimum absolute atomic E-state index is 0.781. The zero-order valence-electron chi connectivity index (χ0n) is 15.0. The van der Waals surface area contributed by atoms with Crippen LogP contribution in [0.15, 0.2) is 102 Å². The molecular formula is C23H23N3. The van der Waals surface area contributed by atoms with Crippen LogP contribution in [0.2, 0.25) is 0 Å². The fourth-order valence-electron chi connectivity index (χ4n) is 2.49. The van der Waals surface area contributed by atoms with Crippen LogP contribution in [0.25, 0.3) is 0 Å². The molecule has 0 aliphatic heterocycles. The SMILES string of the molecule is C=C(C)CNc1ccc(C=NN(c2ccccc2)c2ccccc2)cc1. The van der Waals surface area contributed by atoms with Crippen molar-refractivity contribution in [3.8, 4) is 0 Å². The molecule has 26 heavy (non-hydrogen) atoms. The molecular weight excluding hydrogens is 318 g/mol.